The Morgan fingerprint density at radius 3 is 2.50 bits per heavy atom. The molecule has 22 heavy (non-hydrogen) atoms. The minimum atomic E-state index is -0.605. The molecule has 0 amide bonds. The molecule has 0 spiro atoms. The summed E-state index contributed by atoms with van der Waals surface area (Å²) in [6.45, 7) is 6.00. The van der Waals surface area contributed by atoms with Crippen LogP contribution >= 0.6 is 0 Å². The van der Waals surface area contributed by atoms with Crippen molar-refractivity contribution in [3.05, 3.63) is 23.8 Å². The zero-order chi connectivity index (χ0) is 16.5. The second kappa shape index (κ2) is 8.92. The van der Waals surface area contributed by atoms with E-state index in [0.29, 0.717) is 18.7 Å². The van der Waals surface area contributed by atoms with Gasteiger partial charge < -0.3 is 20.5 Å². The van der Waals surface area contributed by atoms with E-state index in [-0.39, 0.29) is 25.0 Å². The number of aryl methyl sites for hydroxylation is 1. The van der Waals surface area contributed by atoms with Gasteiger partial charge in [-0.2, -0.15) is 0 Å². The van der Waals surface area contributed by atoms with Gasteiger partial charge in [0, 0.05) is 17.8 Å². The lowest BCUT2D eigenvalue weighted by molar-refractivity contribution is -0.145. The third kappa shape index (κ3) is 5.63. The Balaban J connectivity index is 2.76. The standard InChI is InChI=1S/C16H24N2O4/c1-4-21-15(19)9-8-14(16(20)22-5-2)18-13-7-6-12(17)10-11(13)3/h6-7,10,14,18H,4-5,8-9,17H2,1-3H3. The zero-order valence-corrected chi connectivity index (χ0v) is 13.3. The molecular formula is C16H24N2O4. The molecule has 1 aromatic rings. The molecule has 1 unspecified atom stereocenters. The molecule has 0 saturated carbocycles. The van der Waals surface area contributed by atoms with E-state index >= 15 is 0 Å². The van der Waals surface area contributed by atoms with E-state index in [9.17, 15) is 9.59 Å². The molecule has 6 heteroatoms. The summed E-state index contributed by atoms with van der Waals surface area (Å²) in [4.78, 5) is 23.5. The number of nitrogens with one attached hydrogen (secondary N) is 1. The Bertz CT molecular complexity index is 517. The van der Waals surface area contributed by atoms with Gasteiger partial charge in [0.15, 0.2) is 0 Å². The summed E-state index contributed by atoms with van der Waals surface area (Å²) in [6, 6.07) is 4.77. The molecule has 0 aliphatic heterocycles. The van der Waals surface area contributed by atoms with E-state index in [1.807, 2.05) is 13.0 Å². The number of hydrogen-bond acceptors (Lipinski definition) is 6. The van der Waals surface area contributed by atoms with Crippen molar-refractivity contribution in [1.82, 2.24) is 0 Å². The highest BCUT2D eigenvalue weighted by atomic mass is 16.5. The van der Waals surface area contributed by atoms with Crippen LogP contribution in [0.3, 0.4) is 0 Å². The van der Waals surface area contributed by atoms with Gasteiger partial charge in [-0.05, 0) is 51.0 Å². The maximum atomic E-state index is 12.0. The Kier molecular flexibility index (Phi) is 7.22. The second-order valence-corrected chi connectivity index (χ2v) is 4.87. The first-order chi connectivity index (χ1) is 10.5. The van der Waals surface area contributed by atoms with Gasteiger partial charge in [-0.15, -0.1) is 0 Å². The predicted octanol–water partition coefficient (Wildman–Crippen LogP) is 2.26. The fourth-order valence-electron chi connectivity index (χ4n) is 2.02. The van der Waals surface area contributed by atoms with Crippen LogP contribution in [0, 0.1) is 6.92 Å². The van der Waals surface area contributed by atoms with Crippen LogP contribution < -0.4 is 11.1 Å². The van der Waals surface area contributed by atoms with Gasteiger partial charge in [-0.1, -0.05) is 0 Å². The van der Waals surface area contributed by atoms with Crippen LogP contribution in [-0.2, 0) is 19.1 Å². The highest BCUT2D eigenvalue weighted by molar-refractivity contribution is 5.81. The fraction of sp³-hybridized carbons (Fsp3) is 0.500. The molecule has 1 atom stereocenters. The van der Waals surface area contributed by atoms with Gasteiger partial charge in [0.2, 0.25) is 0 Å². The molecule has 0 saturated heterocycles. The summed E-state index contributed by atoms with van der Waals surface area (Å²) >= 11 is 0. The number of carbonyl (C=O) groups excluding carboxylic acids is 2. The number of anilines is 2. The smallest absolute Gasteiger partial charge is 0.328 e. The van der Waals surface area contributed by atoms with Gasteiger partial charge in [-0.25, -0.2) is 4.79 Å². The van der Waals surface area contributed by atoms with Crippen molar-refractivity contribution in [2.45, 2.75) is 39.7 Å². The van der Waals surface area contributed by atoms with Crippen LogP contribution in [0.1, 0.15) is 32.3 Å². The van der Waals surface area contributed by atoms with E-state index in [0.717, 1.165) is 11.3 Å². The van der Waals surface area contributed by atoms with Crippen LogP contribution in [0.25, 0.3) is 0 Å². The molecule has 3 N–H and O–H groups in total. The summed E-state index contributed by atoms with van der Waals surface area (Å²) < 4.78 is 9.94. The molecule has 6 nitrogen and oxygen atoms in total. The average molecular weight is 308 g/mol. The minimum Gasteiger partial charge on any atom is -0.466 e. The predicted molar refractivity (Wildman–Crippen MR) is 85.5 cm³/mol. The largest absolute Gasteiger partial charge is 0.466 e. The first-order valence-electron chi connectivity index (χ1n) is 7.42. The maximum absolute atomic E-state index is 12.0. The first kappa shape index (κ1) is 17.8. The van der Waals surface area contributed by atoms with E-state index in [1.54, 1.807) is 26.0 Å². The number of benzene rings is 1. The number of ether oxygens (including phenoxy) is 2. The van der Waals surface area contributed by atoms with Crippen molar-refractivity contribution in [2.75, 3.05) is 24.3 Å². The van der Waals surface area contributed by atoms with Crippen molar-refractivity contribution in [2.24, 2.45) is 0 Å². The SMILES string of the molecule is CCOC(=O)CCC(Nc1ccc(N)cc1C)C(=O)OCC. The minimum absolute atomic E-state index is 0.151. The number of esters is 2. The highest BCUT2D eigenvalue weighted by Gasteiger charge is 2.21. The molecule has 0 radical (unpaired) electrons. The number of nitrogen functional groups attached to an aromatic ring is 1. The van der Waals surface area contributed by atoms with Crippen molar-refractivity contribution >= 4 is 23.3 Å². The molecule has 1 rings (SSSR count). The third-order valence-corrected chi connectivity index (χ3v) is 3.09. The molecule has 0 bridgehead atoms. The topological polar surface area (TPSA) is 90.6 Å². The molecule has 0 heterocycles. The van der Waals surface area contributed by atoms with Crippen LogP contribution in [0.4, 0.5) is 11.4 Å². The average Bonchev–Trinajstić information content (AvgIpc) is 2.46. The Hall–Kier alpha value is -2.24. The summed E-state index contributed by atoms with van der Waals surface area (Å²) in [5.74, 6) is -0.712. The number of hydrogen-bond donors (Lipinski definition) is 2. The van der Waals surface area contributed by atoms with Crippen LogP contribution in [0.2, 0.25) is 0 Å². The summed E-state index contributed by atoms with van der Waals surface area (Å²) in [6.07, 6.45) is 0.458. The van der Waals surface area contributed by atoms with Crippen LogP contribution in [-0.4, -0.2) is 31.2 Å². The van der Waals surface area contributed by atoms with Gasteiger partial charge >= 0.3 is 11.9 Å². The Morgan fingerprint density at radius 2 is 1.91 bits per heavy atom. The Morgan fingerprint density at radius 1 is 1.23 bits per heavy atom. The van der Waals surface area contributed by atoms with Crippen molar-refractivity contribution < 1.29 is 19.1 Å². The van der Waals surface area contributed by atoms with Gasteiger partial charge in [0.1, 0.15) is 6.04 Å². The Labute approximate surface area is 131 Å². The second-order valence-electron chi connectivity index (χ2n) is 4.87. The molecule has 122 valence electrons. The lowest BCUT2D eigenvalue weighted by atomic mass is 10.1. The molecule has 0 aromatic heterocycles. The van der Waals surface area contributed by atoms with Crippen LogP contribution in [0.5, 0.6) is 0 Å². The first-order valence-corrected chi connectivity index (χ1v) is 7.42. The monoisotopic (exact) mass is 308 g/mol. The molecule has 0 aliphatic carbocycles. The van der Waals surface area contributed by atoms with Crippen LogP contribution in [0.15, 0.2) is 18.2 Å². The van der Waals surface area contributed by atoms with Crippen molar-refractivity contribution in [3.63, 3.8) is 0 Å². The van der Waals surface area contributed by atoms with Crippen molar-refractivity contribution in [3.8, 4) is 0 Å². The van der Waals surface area contributed by atoms with Gasteiger partial charge in [0.05, 0.1) is 13.2 Å². The maximum Gasteiger partial charge on any atom is 0.328 e. The zero-order valence-electron chi connectivity index (χ0n) is 13.3. The molecular weight excluding hydrogens is 284 g/mol. The number of nitrogens with two attached hydrogens (primary N) is 1. The van der Waals surface area contributed by atoms with Gasteiger partial charge in [-0.3, -0.25) is 4.79 Å². The summed E-state index contributed by atoms with van der Waals surface area (Å²) in [7, 11) is 0. The normalized spacial score (nSPS) is 11.6. The summed E-state index contributed by atoms with van der Waals surface area (Å²) in [5.41, 5.74) is 8.08. The molecule has 1 aromatic carbocycles. The highest BCUT2D eigenvalue weighted by Crippen LogP contribution is 2.20. The molecule has 0 fully saturated rings. The lowest BCUT2D eigenvalue weighted by Gasteiger charge is -2.19. The van der Waals surface area contributed by atoms with E-state index in [2.05, 4.69) is 5.32 Å². The lowest BCUT2D eigenvalue weighted by Crippen LogP contribution is -2.32. The summed E-state index contributed by atoms with van der Waals surface area (Å²) in [5, 5.41) is 3.12. The number of carbonyl (C=O) groups is 2. The van der Waals surface area contributed by atoms with E-state index < -0.39 is 6.04 Å². The van der Waals surface area contributed by atoms with E-state index in [4.69, 9.17) is 15.2 Å². The third-order valence-electron chi connectivity index (χ3n) is 3.09. The number of rotatable bonds is 8. The van der Waals surface area contributed by atoms with Crippen molar-refractivity contribution in [1.29, 1.82) is 0 Å². The van der Waals surface area contributed by atoms with E-state index in [1.165, 1.54) is 0 Å². The quantitative estimate of drug-likeness (QED) is 0.565. The van der Waals surface area contributed by atoms with Gasteiger partial charge in [0.25, 0.3) is 0 Å². The molecule has 0 aliphatic rings. The fourth-order valence-corrected chi connectivity index (χ4v) is 2.02.